The average Bonchev–Trinajstić information content (AvgIpc) is 3.07. The maximum absolute atomic E-state index is 12.6. The predicted molar refractivity (Wildman–Crippen MR) is 72.5 cm³/mol. The highest BCUT2D eigenvalue weighted by Crippen LogP contribution is 2.36. The molecule has 6 nitrogen and oxygen atoms in total. The van der Waals surface area contributed by atoms with Crippen LogP contribution in [0.15, 0.2) is 34.1 Å². The highest BCUT2D eigenvalue weighted by molar-refractivity contribution is 7.89. The van der Waals surface area contributed by atoms with Gasteiger partial charge in [-0.25, -0.2) is 13.4 Å². The second-order valence-corrected chi connectivity index (χ2v) is 6.94. The van der Waals surface area contributed by atoms with E-state index >= 15 is 0 Å². The summed E-state index contributed by atoms with van der Waals surface area (Å²) in [6, 6.07) is 3.49. The largest absolute Gasteiger partial charge is 0.465 e. The van der Waals surface area contributed by atoms with Crippen molar-refractivity contribution in [3.8, 4) is 0 Å². The molecule has 0 amide bonds. The van der Waals surface area contributed by atoms with E-state index in [9.17, 15) is 8.42 Å². The van der Waals surface area contributed by atoms with Crippen LogP contribution in [0.2, 0.25) is 0 Å². The molecule has 0 saturated carbocycles. The summed E-state index contributed by atoms with van der Waals surface area (Å²) < 4.78 is 34.0. The Labute approximate surface area is 118 Å². The molecular weight excluding hydrogens is 278 g/mol. The van der Waals surface area contributed by atoms with Crippen LogP contribution in [0.4, 0.5) is 0 Å². The van der Waals surface area contributed by atoms with E-state index in [1.807, 2.05) is 19.1 Å². The van der Waals surface area contributed by atoms with Crippen LogP contribution in [0.25, 0.3) is 0 Å². The molecule has 0 radical (unpaired) electrons. The molecule has 0 bridgehead atoms. The smallest absolute Gasteiger partial charge is 0.262 e. The van der Waals surface area contributed by atoms with Crippen LogP contribution in [0, 0.1) is 6.92 Å². The van der Waals surface area contributed by atoms with Gasteiger partial charge in [0.05, 0.1) is 12.4 Å². The quantitative estimate of drug-likeness (QED) is 0.866. The normalized spacial score (nSPS) is 20.6. The van der Waals surface area contributed by atoms with Crippen molar-refractivity contribution in [2.75, 3.05) is 6.54 Å². The third-order valence-corrected chi connectivity index (χ3v) is 5.34. The van der Waals surface area contributed by atoms with E-state index in [4.69, 9.17) is 4.42 Å². The van der Waals surface area contributed by atoms with E-state index in [1.165, 1.54) is 16.8 Å². The lowest BCUT2D eigenvalue weighted by atomic mass is 10.2. The van der Waals surface area contributed by atoms with Crippen LogP contribution in [0.5, 0.6) is 0 Å². The number of imidazole rings is 1. The Hall–Kier alpha value is -1.60. The summed E-state index contributed by atoms with van der Waals surface area (Å²) in [5.41, 5.74) is 0. The first-order chi connectivity index (χ1) is 9.48. The van der Waals surface area contributed by atoms with E-state index in [1.54, 1.807) is 11.6 Å². The lowest BCUT2D eigenvalue weighted by Crippen LogP contribution is -2.30. The first kappa shape index (κ1) is 13.4. The monoisotopic (exact) mass is 295 g/mol. The fourth-order valence-corrected chi connectivity index (χ4v) is 4.22. The van der Waals surface area contributed by atoms with Crippen LogP contribution in [0.1, 0.15) is 30.4 Å². The van der Waals surface area contributed by atoms with Gasteiger partial charge in [0.1, 0.15) is 11.5 Å². The summed E-state index contributed by atoms with van der Waals surface area (Å²) in [4.78, 5) is 3.97. The Balaban J connectivity index is 1.96. The van der Waals surface area contributed by atoms with Gasteiger partial charge in [-0.05, 0) is 31.9 Å². The third kappa shape index (κ3) is 2.16. The molecule has 2 aromatic heterocycles. The molecule has 0 N–H and O–H groups in total. The molecule has 1 aliphatic rings. The van der Waals surface area contributed by atoms with Crippen LogP contribution < -0.4 is 0 Å². The first-order valence-electron chi connectivity index (χ1n) is 6.54. The van der Waals surface area contributed by atoms with Crippen LogP contribution in [0.3, 0.4) is 0 Å². The standard InChI is InChI=1S/C13H17N3O3S/c1-10-5-6-12(19-10)11-4-3-7-16(11)20(17,18)13-8-15(2)9-14-13/h5-6,8-9,11H,3-4,7H2,1-2H3/t11-/m1/s1. The molecule has 1 atom stereocenters. The Morgan fingerprint density at radius 3 is 2.80 bits per heavy atom. The molecule has 3 rings (SSSR count). The summed E-state index contributed by atoms with van der Waals surface area (Å²) >= 11 is 0. The lowest BCUT2D eigenvalue weighted by molar-refractivity contribution is 0.333. The summed E-state index contributed by atoms with van der Waals surface area (Å²) in [6.07, 6.45) is 4.63. The molecule has 2 aromatic rings. The fourth-order valence-electron chi connectivity index (χ4n) is 2.59. The van der Waals surface area contributed by atoms with Crippen LogP contribution >= 0.6 is 0 Å². The average molecular weight is 295 g/mol. The number of hydrogen-bond donors (Lipinski definition) is 0. The number of nitrogens with zero attached hydrogens (tertiary/aromatic N) is 3. The Bertz CT molecular complexity index is 717. The van der Waals surface area contributed by atoms with Gasteiger partial charge in [-0.1, -0.05) is 0 Å². The van der Waals surface area contributed by atoms with Crippen molar-refractivity contribution < 1.29 is 12.8 Å². The minimum absolute atomic E-state index is 0.0928. The van der Waals surface area contributed by atoms with E-state index in [0.717, 1.165) is 18.6 Å². The molecule has 0 aliphatic carbocycles. The molecule has 0 unspecified atom stereocenters. The van der Waals surface area contributed by atoms with Crippen molar-refractivity contribution in [1.29, 1.82) is 0 Å². The number of aromatic nitrogens is 2. The van der Waals surface area contributed by atoms with E-state index in [2.05, 4.69) is 4.98 Å². The van der Waals surface area contributed by atoms with Gasteiger partial charge < -0.3 is 8.98 Å². The molecule has 1 aliphatic heterocycles. The van der Waals surface area contributed by atoms with Gasteiger partial charge in [-0.2, -0.15) is 4.31 Å². The Morgan fingerprint density at radius 1 is 1.40 bits per heavy atom. The second-order valence-electron chi connectivity index (χ2n) is 5.10. The Morgan fingerprint density at radius 2 is 2.20 bits per heavy atom. The Kier molecular flexibility index (Phi) is 3.18. The fraction of sp³-hybridized carbons (Fsp3) is 0.462. The highest BCUT2D eigenvalue weighted by atomic mass is 32.2. The zero-order valence-corrected chi connectivity index (χ0v) is 12.3. The van der Waals surface area contributed by atoms with Gasteiger partial charge in [0.15, 0.2) is 5.03 Å². The summed E-state index contributed by atoms with van der Waals surface area (Å²) in [7, 11) is -1.81. The van der Waals surface area contributed by atoms with Gasteiger partial charge in [-0.3, -0.25) is 0 Å². The topological polar surface area (TPSA) is 68.3 Å². The maximum atomic E-state index is 12.6. The lowest BCUT2D eigenvalue weighted by Gasteiger charge is -2.21. The van der Waals surface area contributed by atoms with Gasteiger partial charge in [0.2, 0.25) is 0 Å². The molecule has 1 fully saturated rings. The van der Waals surface area contributed by atoms with Crippen LogP contribution in [-0.4, -0.2) is 28.8 Å². The number of furan rings is 1. The zero-order valence-electron chi connectivity index (χ0n) is 11.5. The second kappa shape index (κ2) is 4.75. The summed E-state index contributed by atoms with van der Waals surface area (Å²) in [6.45, 7) is 2.36. The van der Waals surface area contributed by atoms with Crippen molar-refractivity contribution >= 4 is 10.0 Å². The molecule has 3 heterocycles. The van der Waals surface area contributed by atoms with Gasteiger partial charge in [-0.15, -0.1) is 0 Å². The van der Waals surface area contributed by atoms with Crippen molar-refractivity contribution in [3.63, 3.8) is 0 Å². The van der Waals surface area contributed by atoms with Gasteiger partial charge in [0, 0.05) is 19.8 Å². The summed E-state index contributed by atoms with van der Waals surface area (Å²) in [5.74, 6) is 1.50. The molecular formula is C13H17N3O3S. The molecule has 0 spiro atoms. The summed E-state index contributed by atoms with van der Waals surface area (Å²) in [5, 5.41) is 0.0928. The van der Waals surface area contributed by atoms with Crippen molar-refractivity contribution in [3.05, 3.63) is 36.2 Å². The van der Waals surface area contributed by atoms with Crippen molar-refractivity contribution in [2.45, 2.75) is 30.8 Å². The molecule has 20 heavy (non-hydrogen) atoms. The minimum atomic E-state index is -3.56. The van der Waals surface area contributed by atoms with E-state index in [-0.39, 0.29) is 11.1 Å². The van der Waals surface area contributed by atoms with Crippen molar-refractivity contribution in [1.82, 2.24) is 13.9 Å². The molecule has 7 heteroatoms. The highest BCUT2D eigenvalue weighted by Gasteiger charge is 2.38. The van der Waals surface area contributed by atoms with Crippen molar-refractivity contribution in [2.24, 2.45) is 7.05 Å². The van der Waals surface area contributed by atoms with E-state index < -0.39 is 10.0 Å². The first-order valence-corrected chi connectivity index (χ1v) is 7.98. The number of sulfonamides is 1. The zero-order chi connectivity index (χ0) is 14.3. The van der Waals surface area contributed by atoms with E-state index in [0.29, 0.717) is 12.3 Å². The van der Waals surface area contributed by atoms with Gasteiger partial charge in [0.25, 0.3) is 10.0 Å². The van der Waals surface area contributed by atoms with Crippen LogP contribution in [-0.2, 0) is 17.1 Å². The minimum Gasteiger partial charge on any atom is -0.465 e. The SMILES string of the molecule is Cc1ccc([C@H]2CCCN2S(=O)(=O)c2cn(C)cn2)o1. The third-order valence-electron chi connectivity index (χ3n) is 3.55. The maximum Gasteiger partial charge on any atom is 0.262 e. The molecule has 1 saturated heterocycles. The molecule has 0 aromatic carbocycles. The number of hydrogen-bond acceptors (Lipinski definition) is 4. The number of rotatable bonds is 3. The molecule has 108 valence electrons. The predicted octanol–water partition coefficient (Wildman–Crippen LogP) is 1.85. The number of aryl methyl sites for hydroxylation is 2. The van der Waals surface area contributed by atoms with Gasteiger partial charge >= 0.3 is 0 Å².